The number of likely N-dealkylation sites (N-methyl/N-ethyl adjacent to an activating group) is 1. The van der Waals surface area contributed by atoms with Crippen LogP contribution < -0.4 is 4.90 Å². The van der Waals surface area contributed by atoms with E-state index in [2.05, 4.69) is 56.0 Å². The largest absolute Gasteiger partial charge is 0.349 e. The molecule has 2 bridgehead atoms. The van der Waals surface area contributed by atoms with Crippen molar-refractivity contribution in [3.8, 4) is 11.3 Å². The van der Waals surface area contributed by atoms with E-state index in [4.69, 9.17) is 0 Å². The second-order valence-corrected chi connectivity index (χ2v) is 6.20. The normalized spacial score (nSPS) is 26.3. The molecule has 2 aliphatic heterocycles. The molecule has 5 heteroatoms. The van der Waals surface area contributed by atoms with Gasteiger partial charge in [-0.05, 0) is 37.0 Å². The molecule has 19 heavy (non-hydrogen) atoms. The molecule has 2 fully saturated rings. The van der Waals surface area contributed by atoms with Crippen molar-refractivity contribution in [1.82, 2.24) is 15.1 Å². The van der Waals surface area contributed by atoms with Crippen molar-refractivity contribution < 1.29 is 0 Å². The van der Waals surface area contributed by atoms with E-state index in [1.165, 1.54) is 6.42 Å². The van der Waals surface area contributed by atoms with Gasteiger partial charge in [0, 0.05) is 36.1 Å². The fourth-order valence-electron chi connectivity index (χ4n) is 3.19. The minimum absolute atomic E-state index is 0.622. The Labute approximate surface area is 116 Å². The highest BCUT2D eigenvalue weighted by molar-refractivity contribution is 7.08. The molecule has 0 spiro atoms. The van der Waals surface area contributed by atoms with Crippen LogP contribution in [0, 0.1) is 0 Å². The molecule has 0 unspecified atom stereocenters. The number of piperazine rings is 1. The van der Waals surface area contributed by atoms with E-state index in [0.29, 0.717) is 12.1 Å². The van der Waals surface area contributed by atoms with Gasteiger partial charge in [0.2, 0.25) is 0 Å². The predicted octanol–water partition coefficient (Wildman–Crippen LogP) is 2.10. The summed E-state index contributed by atoms with van der Waals surface area (Å²) in [6.07, 6.45) is 1.27. The van der Waals surface area contributed by atoms with Gasteiger partial charge in [-0.2, -0.15) is 11.3 Å². The standard InChI is InChI=1S/C14H16N4S/c1-17-7-12-6-11(17)8-18(12)14-3-2-13(15-16-14)10-4-5-19-9-10/h2-5,9,11-12H,6-8H2,1H3/t11-,12+/m1/s1. The topological polar surface area (TPSA) is 32.3 Å². The summed E-state index contributed by atoms with van der Waals surface area (Å²) in [4.78, 5) is 4.86. The first-order valence-corrected chi connectivity index (χ1v) is 7.59. The van der Waals surface area contributed by atoms with Gasteiger partial charge in [-0.25, -0.2) is 0 Å². The second kappa shape index (κ2) is 4.28. The third kappa shape index (κ3) is 1.84. The number of nitrogens with zero attached hydrogens (tertiary/aromatic N) is 4. The summed E-state index contributed by atoms with van der Waals surface area (Å²) >= 11 is 1.69. The van der Waals surface area contributed by atoms with Gasteiger partial charge >= 0.3 is 0 Å². The van der Waals surface area contributed by atoms with Crippen molar-refractivity contribution in [2.75, 3.05) is 25.0 Å². The van der Waals surface area contributed by atoms with Crippen LogP contribution in [0.15, 0.2) is 29.0 Å². The Morgan fingerprint density at radius 2 is 2.11 bits per heavy atom. The van der Waals surface area contributed by atoms with Crippen molar-refractivity contribution in [2.24, 2.45) is 0 Å². The molecule has 98 valence electrons. The summed E-state index contributed by atoms with van der Waals surface area (Å²) < 4.78 is 0. The van der Waals surface area contributed by atoms with Gasteiger partial charge in [-0.3, -0.25) is 4.90 Å². The van der Waals surface area contributed by atoms with Crippen LogP contribution in [0.5, 0.6) is 0 Å². The summed E-state index contributed by atoms with van der Waals surface area (Å²) in [6.45, 7) is 2.24. The minimum Gasteiger partial charge on any atom is -0.349 e. The highest BCUT2D eigenvalue weighted by atomic mass is 32.1. The molecule has 0 aromatic carbocycles. The van der Waals surface area contributed by atoms with Crippen molar-refractivity contribution in [3.63, 3.8) is 0 Å². The Kier molecular flexibility index (Phi) is 2.56. The maximum absolute atomic E-state index is 4.42. The first-order valence-electron chi connectivity index (χ1n) is 6.64. The lowest BCUT2D eigenvalue weighted by molar-refractivity contribution is 0.292. The van der Waals surface area contributed by atoms with Crippen LogP contribution in [0.4, 0.5) is 5.82 Å². The quantitative estimate of drug-likeness (QED) is 0.838. The van der Waals surface area contributed by atoms with Gasteiger partial charge in [-0.1, -0.05) is 0 Å². The van der Waals surface area contributed by atoms with Crippen LogP contribution in [0.2, 0.25) is 0 Å². The molecule has 0 aliphatic carbocycles. The van der Waals surface area contributed by atoms with Crippen LogP contribution in [0.1, 0.15) is 6.42 Å². The summed E-state index contributed by atoms with van der Waals surface area (Å²) in [7, 11) is 2.22. The average molecular weight is 272 g/mol. The fourth-order valence-corrected chi connectivity index (χ4v) is 3.84. The molecule has 0 N–H and O–H groups in total. The predicted molar refractivity (Wildman–Crippen MR) is 77.5 cm³/mol. The molecule has 4 nitrogen and oxygen atoms in total. The molecule has 0 radical (unpaired) electrons. The van der Waals surface area contributed by atoms with Gasteiger partial charge in [-0.15, -0.1) is 10.2 Å². The summed E-state index contributed by atoms with van der Waals surface area (Å²) in [5.74, 6) is 1.03. The van der Waals surface area contributed by atoms with Gasteiger partial charge in [0.1, 0.15) is 0 Å². The highest BCUT2D eigenvalue weighted by Crippen LogP contribution is 2.32. The van der Waals surface area contributed by atoms with Gasteiger partial charge in [0.25, 0.3) is 0 Å². The van der Waals surface area contributed by atoms with Crippen molar-refractivity contribution in [3.05, 3.63) is 29.0 Å². The van der Waals surface area contributed by atoms with E-state index in [9.17, 15) is 0 Å². The molecule has 2 aromatic heterocycles. The van der Waals surface area contributed by atoms with Gasteiger partial charge in [0.15, 0.2) is 5.82 Å². The fraction of sp³-hybridized carbons (Fsp3) is 0.429. The summed E-state index contributed by atoms with van der Waals surface area (Å²) in [5, 5.41) is 13.0. The number of fused-ring (bicyclic) bond motifs is 2. The molecular formula is C14H16N4S. The lowest BCUT2D eigenvalue weighted by atomic mass is 10.2. The number of thiophene rings is 1. The Bertz CT molecular complexity index is 564. The molecule has 2 aliphatic rings. The van der Waals surface area contributed by atoms with E-state index in [1.54, 1.807) is 11.3 Å². The Hall–Kier alpha value is -1.46. The van der Waals surface area contributed by atoms with E-state index in [0.717, 1.165) is 30.2 Å². The maximum Gasteiger partial charge on any atom is 0.151 e. The highest BCUT2D eigenvalue weighted by Gasteiger charge is 2.41. The summed E-state index contributed by atoms with van der Waals surface area (Å²) in [6, 6.07) is 7.60. The van der Waals surface area contributed by atoms with E-state index in [-0.39, 0.29) is 0 Å². The first-order chi connectivity index (χ1) is 9.31. The number of anilines is 1. The molecule has 0 saturated carbocycles. The zero-order valence-electron chi connectivity index (χ0n) is 10.9. The smallest absolute Gasteiger partial charge is 0.151 e. The second-order valence-electron chi connectivity index (χ2n) is 5.42. The molecule has 2 aromatic rings. The van der Waals surface area contributed by atoms with Crippen LogP contribution in [-0.2, 0) is 0 Å². The third-order valence-electron chi connectivity index (χ3n) is 4.28. The van der Waals surface area contributed by atoms with Crippen LogP contribution in [0.3, 0.4) is 0 Å². The molecular weight excluding hydrogens is 256 g/mol. The van der Waals surface area contributed by atoms with Gasteiger partial charge in [0.05, 0.1) is 5.69 Å². The Morgan fingerprint density at radius 1 is 1.16 bits per heavy atom. The van der Waals surface area contributed by atoms with E-state index >= 15 is 0 Å². The monoisotopic (exact) mass is 272 g/mol. The van der Waals surface area contributed by atoms with Crippen LogP contribution in [0.25, 0.3) is 11.3 Å². The number of aromatic nitrogens is 2. The Balaban J connectivity index is 1.57. The summed E-state index contributed by atoms with van der Waals surface area (Å²) in [5.41, 5.74) is 2.12. The number of hydrogen-bond donors (Lipinski definition) is 0. The average Bonchev–Trinajstić information content (AvgIpc) is 3.15. The molecule has 4 rings (SSSR count). The first kappa shape index (κ1) is 11.4. The van der Waals surface area contributed by atoms with Gasteiger partial charge < -0.3 is 4.90 Å². The minimum atomic E-state index is 0.622. The van der Waals surface area contributed by atoms with Crippen molar-refractivity contribution in [2.45, 2.75) is 18.5 Å². The lowest BCUT2D eigenvalue weighted by Gasteiger charge is -2.32. The SMILES string of the molecule is CN1C[C@@H]2C[C@@H]1CN2c1ccc(-c2ccsc2)nn1. The third-order valence-corrected chi connectivity index (χ3v) is 4.96. The Morgan fingerprint density at radius 3 is 2.68 bits per heavy atom. The molecule has 2 saturated heterocycles. The zero-order chi connectivity index (χ0) is 12.8. The maximum atomic E-state index is 4.42. The van der Waals surface area contributed by atoms with Crippen molar-refractivity contribution >= 4 is 17.2 Å². The van der Waals surface area contributed by atoms with Crippen molar-refractivity contribution in [1.29, 1.82) is 0 Å². The zero-order valence-corrected chi connectivity index (χ0v) is 11.7. The lowest BCUT2D eigenvalue weighted by Crippen LogP contribution is -2.44. The van der Waals surface area contributed by atoms with E-state index < -0.39 is 0 Å². The molecule has 0 amide bonds. The number of rotatable bonds is 2. The molecule has 2 atom stereocenters. The van der Waals surface area contributed by atoms with Crippen LogP contribution >= 0.6 is 11.3 Å². The number of likely N-dealkylation sites (tertiary alicyclic amines) is 1. The molecule has 4 heterocycles. The van der Waals surface area contributed by atoms with Crippen LogP contribution in [-0.4, -0.2) is 47.3 Å². The number of hydrogen-bond acceptors (Lipinski definition) is 5. The van der Waals surface area contributed by atoms with E-state index in [1.807, 2.05) is 0 Å².